The predicted octanol–water partition coefficient (Wildman–Crippen LogP) is 2.58. The molecule has 0 aliphatic carbocycles. The fourth-order valence-electron chi connectivity index (χ4n) is 1.19. The summed E-state index contributed by atoms with van der Waals surface area (Å²) in [5.74, 6) is 1.51. The molecule has 0 aliphatic heterocycles. The Labute approximate surface area is 83.0 Å². The molecule has 0 aromatic carbocycles. The van der Waals surface area contributed by atoms with Crippen molar-refractivity contribution >= 4 is 0 Å². The van der Waals surface area contributed by atoms with Gasteiger partial charge in [0.25, 0.3) is 0 Å². The Bertz CT molecular complexity index is 407. The van der Waals surface area contributed by atoms with E-state index in [1.807, 2.05) is 22.9 Å². The summed E-state index contributed by atoms with van der Waals surface area (Å²) < 4.78 is 12.7. The van der Waals surface area contributed by atoms with Crippen LogP contribution in [0.15, 0.2) is 39.8 Å². The van der Waals surface area contributed by atoms with E-state index >= 15 is 0 Å². The maximum absolute atomic E-state index is 5.40. The summed E-state index contributed by atoms with van der Waals surface area (Å²) in [5.41, 5.74) is 0.0361. The predicted molar refractivity (Wildman–Crippen MR) is 51.6 cm³/mol. The third-order valence-corrected chi connectivity index (χ3v) is 2.09. The largest absolute Gasteiger partial charge is 0.461 e. The number of aromatic nitrogens is 1. The normalized spacial score (nSPS) is 11.9. The second-order valence-electron chi connectivity index (χ2n) is 4.27. The van der Waals surface area contributed by atoms with Crippen molar-refractivity contribution in [2.75, 3.05) is 0 Å². The van der Waals surface area contributed by atoms with Gasteiger partial charge in [-0.1, -0.05) is 0 Å². The molecule has 0 saturated carbocycles. The van der Waals surface area contributed by atoms with Crippen LogP contribution in [0.5, 0.6) is 0 Å². The van der Waals surface area contributed by atoms with Gasteiger partial charge < -0.3 is 8.83 Å². The molecule has 0 radical (unpaired) electrons. The van der Waals surface area contributed by atoms with Gasteiger partial charge >= 0.3 is 6.39 Å². The van der Waals surface area contributed by atoms with Crippen LogP contribution in [-0.2, 0) is 5.54 Å². The molecule has 0 spiro atoms. The van der Waals surface area contributed by atoms with Gasteiger partial charge in [-0.3, -0.25) is 0 Å². The van der Waals surface area contributed by atoms with Gasteiger partial charge in [0.05, 0.1) is 6.26 Å². The van der Waals surface area contributed by atoms with Gasteiger partial charge in [0.2, 0.25) is 12.0 Å². The molecule has 0 atom stereocenters. The van der Waals surface area contributed by atoms with E-state index in [4.69, 9.17) is 8.83 Å². The quantitative estimate of drug-likeness (QED) is 0.650. The third-order valence-electron chi connectivity index (χ3n) is 2.09. The second-order valence-corrected chi connectivity index (χ2v) is 4.27. The summed E-state index contributed by atoms with van der Waals surface area (Å²) in [6.07, 6.45) is 5.29. The van der Waals surface area contributed by atoms with Crippen LogP contribution in [0.4, 0.5) is 0 Å². The molecule has 0 aliphatic rings. The van der Waals surface area contributed by atoms with E-state index in [1.165, 1.54) is 0 Å². The Balaban J connectivity index is 2.36. The zero-order valence-electron chi connectivity index (χ0n) is 8.65. The van der Waals surface area contributed by atoms with Gasteiger partial charge in [-0.2, -0.15) is 4.57 Å². The summed E-state index contributed by atoms with van der Waals surface area (Å²) in [4.78, 5) is 0. The van der Waals surface area contributed by atoms with Crippen molar-refractivity contribution in [2.45, 2.75) is 26.3 Å². The van der Waals surface area contributed by atoms with Crippen molar-refractivity contribution in [3.8, 4) is 11.5 Å². The summed E-state index contributed by atoms with van der Waals surface area (Å²) in [6, 6.07) is 3.73. The average Bonchev–Trinajstić information content (AvgIpc) is 2.73. The molecule has 0 saturated heterocycles. The molecule has 2 aromatic heterocycles. The molecule has 14 heavy (non-hydrogen) atoms. The van der Waals surface area contributed by atoms with Crippen molar-refractivity contribution < 1.29 is 13.4 Å². The van der Waals surface area contributed by atoms with Gasteiger partial charge in [-0.05, 0) is 12.1 Å². The second kappa shape index (κ2) is 3.01. The highest BCUT2D eigenvalue weighted by Crippen LogP contribution is 2.19. The Morgan fingerprint density at radius 1 is 1.14 bits per heavy atom. The molecular formula is C11H14NO2+. The van der Waals surface area contributed by atoms with Crippen LogP contribution in [0, 0.1) is 0 Å². The molecule has 2 heterocycles. The zero-order chi connectivity index (χ0) is 10.2. The third kappa shape index (κ3) is 1.58. The lowest BCUT2D eigenvalue weighted by atomic mass is 10.1. The number of oxazole rings is 1. The Kier molecular flexibility index (Phi) is 1.95. The number of rotatable bonds is 1. The number of furan rings is 1. The Morgan fingerprint density at radius 2 is 1.93 bits per heavy atom. The van der Waals surface area contributed by atoms with E-state index in [0.29, 0.717) is 0 Å². The van der Waals surface area contributed by atoms with Crippen molar-refractivity contribution in [3.63, 3.8) is 0 Å². The molecule has 0 bridgehead atoms. The SMILES string of the molecule is CC(C)(C)[n+]1coc(-c2ccco2)c1. The van der Waals surface area contributed by atoms with E-state index < -0.39 is 0 Å². The number of hydrogen-bond acceptors (Lipinski definition) is 2. The highest BCUT2D eigenvalue weighted by molar-refractivity contribution is 5.46. The Morgan fingerprint density at radius 3 is 2.43 bits per heavy atom. The first-order valence-electron chi connectivity index (χ1n) is 4.61. The molecule has 3 nitrogen and oxygen atoms in total. The van der Waals surface area contributed by atoms with Gasteiger partial charge in [0.15, 0.2) is 11.3 Å². The molecule has 0 fully saturated rings. The van der Waals surface area contributed by atoms with E-state index in [1.54, 1.807) is 12.7 Å². The van der Waals surface area contributed by atoms with Crippen LogP contribution in [0.1, 0.15) is 20.8 Å². The minimum absolute atomic E-state index is 0.0361. The maximum Gasteiger partial charge on any atom is 0.335 e. The van der Waals surface area contributed by atoms with E-state index in [2.05, 4.69) is 20.8 Å². The number of nitrogens with zero attached hydrogens (tertiary/aromatic N) is 1. The number of hydrogen-bond donors (Lipinski definition) is 0. The summed E-state index contributed by atoms with van der Waals surface area (Å²) in [5, 5.41) is 0. The topological polar surface area (TPSA) is 30.2 Å². The molecule has 2 rings (SSSR count). The molecule has 0 unspecified atom stereocenters. The lowest BCUT2D eigenvalue weighted by Gasteiger charge is -2.07. The molecular weight excluding hydrogens is 178 g/mol. The first-order valence-corrected chi connectivity index (χ1v) is 4.61. The Hall–Kier alpha value is -1.51. The van der Waals surface area contributed by atoms with Crippen molar-refractivity contribution in [3.05, 3.63) is 31.0 Å². The zero-order valence-corrected chi connectivity index (χ0v) is 8.65. The molecule has 3 heteroatoms. The summed E-state index contributed by atoms with van der Waals surface area (Å²) >= 11 is 0. The van der Waals surface area contributed by atoms with Crippen LogP contribution < -0.4 is 4.57 Å². The van der Waals surface area contributed by atoms with E-state index in [0.717, 1.165) is 11.5 Å². The van der Waals surface area contributed by atoms with Crippen molar-refractivity contribution in [1.82, 2.24) is 0 Å². The van der Waals surface area contributed by atoms with Gasteiger partial charge in [-0.25, -0.2) is 0 Å². The fourth-order valence-corrected chi connectivity index (χ4v) is 1.19. The fraction of sp³-hybridized carbons (Fsp3) is 0.364. The maximum atomic E-state index is 5.40. The first kappa shape index (κ1) is 9.06. The van der Waals surface area contributed by atoms with Crippen LogP contribution in [0.3, 0.4) is 0 Å². The monoisotopic (exact) mass is 192 g/mol. The van der Waals surface area contributed by atoms with Crippen LogP contribution in [0.2, 0.25) is 0 Å². The van der Waals surface area contributed by atoms with E-state index in [-0.39, 0.29) is 5.54 Å². The lowest BCUT2D eigenvalue weighted by molar-refractivity contribution is -0.756. The average molecular weight is 192 g/mol. The summed E-state index contributed by atoms with van der Waals surface area (Å²) in [7, 11) is 0. The lowest BCUT2D eigenvalue weighted by Crippen LogP contribution is -2.48. The highest BCUT2D eigenvalue weighted by atomic mass is 16.4. The molecule has 0 N–H and O–H groups in total. The van der Waals surface area contributed by atoms with Gasteiger partial charge in [-0.15, -0.1) is 0 Å². The molecule has 2 aromatic rings. The molecule has 74 valence electrons. The summed E-state index contributed by atoms with van der Waals surface area (Å²) in [6.45, 7) is 6.36. The van der Waals surface area contributed by atoms with Crippen LogP contribution in [0.25, 0.3) is 11.5 Å². The minimum Gasteiger partial charge on any atom is -0.461 e. The van der Waals surface area contributed by atoms with Crippen molar-refractivity contribution in [2.24, 2.45) is 0 Å². The standard InChI is InChI=1S/C11H14NO2/c1-11(2,3)12-7-10(14-8-12)9-5-4-6-13-9/h4-8H,1-3H3/q+1. The highest BCUT2D eigenvalue weighted by Gasteiger charge is 2.25. The van der Waals surface area contributed by atoms with Gasteiger partial charge in [0, 0.05) is 20.8 Å². The smallest absolute Gasteiger partial charge is 0.335 e. The van der Waals surface area contributed by atoms with Crippen molar-refractivity contribution in [1.29, 1.82) is 0 Å². The van der Waals surface area contributed by atoms with Crippen LogP contribution >= 0.6 is 0 Å². The van der Waals surface area contributed by atoms with Crippen LogP contribution in [-0.4, -0.2) is 0 Å². The minimum atomic E-state index is 0.0361. The van der Waals surface area contributed by atoms with E-state index in [9.17, 15) is 0 Å². The van der Waals surface area contributed by atoms with Gasteiger partial charge in [0.1, 0.15) is 0 Å². The molecule has 0 amide bonds. The first-order chi connectivity index (χ1) is 6.57.